The van der Waals surface area contributed by atoms with Gasteiger partial charge in [-0.05, 0) is 24.6 Å². The largest absolute Gasteiger partial charge is 0.473 e. The lowest BCUT2D eigenvalue weighted by Crippen LogP contribution is -2.26. The average molecular weight is 287 g/mol. The van der Waals surface area contributed by atoms with Crippen LogP contribution in [-0.2, 0) is 20.4 Å². The van der Waals surface area contributed by atoms with Crippen molar-refractivity contribution in [2.75, 3.05) is 6.61 Å². The van der Waals surface area contributed by atoms with E-state index in [1.807, 2.05) is 0 Å². The molecule has 1 aromatic rings. The Bertz CT molecular complexity index is 511. The Kier molecular flexibility index (Phi) is 3.96. The molecular formula is C13H12F3NO3. The number of ether oxygens (including phenoxy) is 2. The summed E-state index contributed by atoms with van der Waals surface area (Å²) in [5, 5.41) is 0. The number of rotatable bonds is 3. The molecular weight excluding hydrogens is 275 g/mol. The van der Waals surface area contributed by atoms with Gasteiger partial charge in [0.1, 0.15) is 0 Å². The topological polar surface area (TPSA) is 47.9 Å². The van der Waals surface area contributed by atoms with E-state index in [0.29, 0.717) is 5.56 Å². The lowest BCUT2D eigenvalue weighted by atomic mass is 10.0. The van der Waals surface area contributed by atoms with Crippen LogP contribution in [0.1, 0.15) is 24.2 Å². The molecule has 1 aliphatic heterocycles. The highest BCUT2D eigenvalue weighted by atomic mass is 19.4. The van der Waals surface area contributed by atoms with Crippen LogP contribution in [0.5, 0.6) is 0 Å². The minimum atomic E-state index is -4.40. The second-order valence-electron chi connectivity index (χ2n) is 4.13. The fourth-order valence-electron chi connectivity index (χ4n) is 1.85. The Hall–Kier alpha value is -2.05. The second-order valence-corrected chi connectivity index (χ2v) is 4.13. The zero-order valence-corrected chi connectivity index (χ0v) is 10.6. The number of carbonyl (C=O) groups is 1. The zero-order chi connectivity index (χ0) is 14.8. The fourth-order valence-corrected chi connectivity index (χ4v) is 1.85. The first-order valence-corrected chi connectivity index (χ1v) is 5.94. The number of halogens is 3. The van der Waals surface area contributed by atoms with Crippen molar-refractivity contribution in [1.82, 2.24) is 0 Å². The molecule has 0 saturated carbocycles. The van der Waals surface area contributed by atoms with Crippen molar-refractivity contribution in [3.8, 4) is 0 Å². The molecule has 2 atom stereocenters. The summed E-state index contributed by atoms with van der Waals surface area (Å²) in [5.41, 5.74) is -0.318. The number of hydrogen-bond donors (Lipinski definition) is 0. The van der Waals surface area contributed by atoms with Gasteiger partial charge in [0, 0.05) is 0 Å². The van der Waals surface area contributed by atoms with Crippen LogP contribution in [-0.4, -0.2) is 25.0 Å². The van der Waals surface area contributed by atoms with Gasteiger partial charge in [0.15, 0.2) is 18.5 Å². The Morgan fingerprint density at radius 1 is 1.35 bits per heavy atom. The summed E-state index contributed by atoms with van der Waals surface area (Å²) in [5.74, 6) is -0.564. The predicted molar refractivity (Wildman–Crippen MR) is 64.2 cm³/mol. The van der Waals surface area contributed by atoms with Gasteiger partial charge in [0.05, 0.1) is 12.2 Å². The van der Waals surface area contributed by atoms with Crippen LogP contribution < -0.4 is 0 Å². The van der Waals surface area contributed by atoms with Crippen molar-refractivity contribution in [1.29, 1.82) is 0 Å². The Balaban J connectivity index is 2.17. The molecule has 0 aromatic heterocycles. The minimum absolute atomic E-state index is 0.199. The van der Waals surface area contributed by atoms with Crippen molar-refractivity contribution >= 4 is 12.4 Å². The van der Waals surface area contributed by atoms with Gasteiger partial charge < -0.3 is 9.47 Å². The maximum absolute atomic E-state index is 12.5. The molecule has 0 unspecified atom stereocenters. The molecule has 1 aromatic carbocycles. The smallest absolute Gasteiger partial charge is 0.416 e. The van der Waals surface area contributed by atoms with Crippen molar-refractivity contribution in [2.45, 2.75) is 25.2 Å². The number of aliphatic imine (C=N–C) groups is 1. The molecule has 0 bridgehead atoms. The van der Waals surface area contributed by atoms with Crippen molar-refractivity contribution in [2.24, 2.45) is 4.99 Å². The first-order valence-electron chi connectivity index (χ1n) is 5.94. The van der Waals surface area contributed by atoms with Gasteiger partial charge in [-0.2, -0.15) is 13.2 Å². The fraction of sp³-hybridized carbons (Fsp3) is 0.385. The molecule has 0 aliphatic carbocycles. The average Bonchev–Trinajstić information content (AvgIpc) is 2.87. The summed E-state index contributed by atoms with van der Waals surface area (Å²) in [6.07, 6.45) is -4.04. The van der Waals surface area contributed by atoms with E-state index < -0.39 is 29.9 Å². The van der Waals surface area contributed by atoms with Crippen LogP contribution in [0.3, 0.4) is 0 Å². The van der Waals surface area contributed by atoms with Crippen LogP contribution >= 0.6 is 0 Å². The molecule has 4 nitrogen and oxygen atoms in total. The molecule has 0 fully saturated rings. The first-order chi connectivity index (χ1) is 9.43. The third kappa shape index (κ3) is 2.92. The van der Waals surface area contributed by atoms with E-state index in [2.05, 4.69) is 4.99 Å². The number of carbonyl (C=O) groups excluding carboxylic acids is 1. The Morgan fingerprint density at radius 3 is 2.55 bits per heavy atom. The van der Waals surface area contributed by atoms with Crippen LogP contribution in [0.25, 0.3) is 0 Å². The SMILES string of the molecule is CCOC(=O)[C@H]1N=CO[C@H]1c1ccc(C(F)(F)F)cc1. The van der Waals surface area contributed by atoms with E-state index >= 15 is 0 Å². The lowest BCUT2D eigenvalue weighted by Gasteiger charge is -2.17. The van der Waals surface area contributed by atoms with Gasteiger partial charge >= 0.3 is 12.1 Å². The summed E-state index contributed by atoms with van der Waals surface area (Å²) in [4.78, 5) is 15.5. The molecule has 0 saturated heterocycles. The molecule has 1 heterocycles. The van der Waals surface area contributed by atoms with Crippen LogP contribution in [0.2, 0.25) is 0 Å². The maximum atomic E-state index is 12.5. The molecule has 108 valence electrons. The van der Waals surface area contributed by atoms with Crippen LogP contribution in [0, 0.1) is 0 Å². The molecule has 0 radical (unpaired) electrons. The minimum Gasteiger partial charge on any atom is -0.473 e. The Morgan fingerprint density at radius 2 is 2.00 bits per heavy atom. The van der Waals surface area contributed by atoms with Crippen molar-refractivity contribution in [3.05, 3.63) is 35.4 Å². The number of benzene rings is 1. The number of alkyl halides is 3. The molecule has 0 amide bonds. The monoisotopic (exact) mass is 287 g/mol. The van der Waals surface area contributed by atoms with Gasteiger partial charge in [0.2, 0.25) is 0 Å². The lowest BCUT2D eigenvalue weighted by molar-refractivity contribution is -0.146. The van der Waals surface area contributed by atoms with E-state index in [4.69, 9.17) is 9.47 Å². The molecule has 7 heteroatoms. The van der Waals surface area contributed by atoms with Gasteiger partial charge in [0.25, 0.3) is 0 Å². The van der Waals surface area contributed by atoms with Crippen molar-refractivity contribution in [3.63, 3.8) is 0 Å². The number of esters is 1. The van der Waals surface area contributed by atoms with Gasteiger partial charge in [-0.15, -0.1) is 0 Å². The third-order valence-electron chi connectivity index (χ3n) is 2.81. The molecule has 2 rings (SSSR count). The maximum Gasteiger partial charge on any atom is 0.416 e. The molecule has 0 spiro atoms. The highest BCUT2D eigenvalue weighted by Gasteiger charge is 2.36. The Labute approximate surface area is 113 Å². The quantitative estimate of drug-likeness (QED) is 0.803. The van der Waals surface area contributed by atoms with E-state index in [1.54, 1.807) is 6.92 Å². The standard InChI is InChI=1S/C13H12F3NO3/c1-2-19-12(18)10-11(20-7-17-10)8-3-5-9(6-4-8)13(14,15)16/h3-7,10-11H,2H2,1H3/t10-,11-/m0/s1. The summed E-state index contributed by atoms with van der Waals surface area (Å²) in [6.45, 7) is 1.86. The van der Waals surface area contributed by atoms with Gasteiger partial charge in [-0.1, -0.05) is 12.1 Å². The second kappa shape index (κ2) is 5.52. The molecule has 0 N–H and O–H groups in total. The van der Waals surface area contributed by atoms with E-state index in [-0.39, 0.29) is 6.61 Å². The molecule has 1 aliphatic rings. The third-order valence-corrected chi connectivity index (χ3v) is 2.81. The predicted octanol–water partition coefficient (Wildman–Crippen LogP) is 2.74. The van der Waals surface area contributed by atoms with Crippen molar-refractivity contribution < 1.29 is 27.4 Å². The highest BCUT2D eigenvalue weighted by Crippen LogP contribution is 2.32. The zero-order valence-electron chi connectivity index (χ0n) is 10.6. The first kappa shape index (κ1) is 14.4. The number of nitrogens with zero attached hydrogens (tertiary/aromatic N) is 1. The summed E-state index contributed by atoms with van der Waals surface area (Å²) in [7, 11) is 0. The normalized spacial score (nSPS) is 21.6. The van der Waals surface area contributed by atoms with Gasteiger partial charge in [-0.3, -0.25) is 0 Å². The van der Waals surface area contributed by atoms with E-state index in [0.717, 1.165) is 18.5 Å². The summed E-state index contributed by atoms with van der Waals surface area (Å²) in [6, 6.07) is 3.55. The van der Waals surface area contributed by atoms with Crippen LogP contribution in [0.15, 0.2) is 29.3 Å². The van der Waals surface area contributed by atoms with E-state index in [9.17, 15) is 18.0 Å². The summed E-state index contributed by atoms with van der Waals surface area (Å²) >= 11 is 0. The van der Waals surface area contributed by atoms with E-state index in [1.165, 1.54) is 12.1 Å². The van der Waals surface area contributed by atoms with Crippen LogP contribution in [0.4, 0.5) is 13.2 Å². The van der Waals surface area contributed by atoms with Gasteiger partial charge in [-0.25, -0.2) is 9.79 Å². The highest BCUT2D eigenvalue weighted by molar-refractivity contribution is 5.80. The summed E-state index contributed by atoms with van der Waals surface area (Å²) < 4.78 is 47.4. The molecule has 20 heavy (non-hydrogen) atoms. The number of hydrogen-bond acceptors (Lipinski definition) is 4.